The van der Waals surface area contributed by atoms with Gasteiger partial charge in [-0.2, -0.15) is 0 Å². The Morgan fingerprint density at radius 1 is 1.17 bits per heavy atom. The van der Waals surface area contributed by atoms with Gasteiger partial charge in [-0.1, -0.05) is 20.8 Å². The largest absolute Gasteiger partial charge is 0.370 e. The highest BCUT2D eigenvalue weighted by atomic mass is 15.3. The monoisotopic (exact) mass is 171 g/mol. The molecule has 70 valence electrons. The standard InChI is InChI=1S/C7H17N5/c1-7(2,3)4-12(5(8)9)6(10)11/h4H2,1-3H3,(H3,8,9)(H3,10,11). The molecule has 0 spiro atoms. The molecule has 0 aliphatic carbocycles. The molecule has 0 saturated carbocycles. The zero-order valence-corrected chi connectivity index (χ0v) is 7.81. The van der Waals surface area contributed by atoms with Crippen LogP contribution >= 0.6 is 0 Å². The second-order valence-electron chi connectivity index (χ2n) is 3.92. The summed E-state index contributed by atoms with van der Waals surface area (Å²) in [5.41, 5.74) is 10.4. The minimum Gasteiger partial charge on any atom is -0.370 e. The van der Waals surface area contributed by atoms with Gasteiger partial charge >= 0.3 is 0 Å². The Kier molecular flexibility index (Phi) is 3.06. The fraction of sp³-hybridized carbons (Fsp3) is 0.714. The van der Waals surface area contributed by atoms with E-state index in [0.29, 0.717) is 6.54 Å². The van der Waals surface area contributed by atoms with Gasteiger partial charge in [-0.3, -0.25) is 15.7 Å². The molecule has 0 heterocycles. The first kappa shape index (κ1) is 10.7. The first-order valence-electron chi connectivity index (χ1n) is 3.69. The second-order valence-corrected chi connectivity index (χ2v) is 3.92. The van der Waals surface area contributed by atoms with Crippen molar-refractivity contribution in [3.63, 3.8) is 0 Å². The van der Waals surface area contributed by atoms with Crippen LogP contribution in [0.3, 0.4) is 0 Å². The lowest BCUT2D eigenvalue weighted by molar-refractivity contribution is 0.335. The van der Waals surface area contributed by atoms with Crippen molar-refractivity contribution in [1.29, 1.82) is 10.8 Å². The maximum absolute atomic E-state index is 7.14. The molecular formula is C7H17N5. The molecule has 0 amide bonds. The maximum atomic E-state index is 7.14. The van der Waals surface area contributed by atoms with E-state index < -0.39 is 0 Å². The molecule has 0 aromatic rings. The van der Waals surface area contributed by atoms with Gasteiger partial charge in [-0.05, 0) is 5.41 Å². The van der Waals surface area contributed by atoms with Crippen LogP contribution < -0.4 is 11.5 Å². The van der Waals surface area contributed by atoms with Gasteiger partial charge in [-0.15, -0.1) is 0 Å². The quantitative estimate of drug-likeness (QED) is 0.333. The molecule has 5 nitrogen and oxygen atoms in total. The van der Waals surface area contributed by atoms with E-state index in [1.165, 1.54) is 4.90 Å². The minimum atomic E-state index is -0.183. The molecule has 0 fully saturated rings. The van der Waals surface area contributed by atoms with Crippen molar-refractivity contribution in [2.75, 3.05) is 6.54 Å². The highest BCUT2D eigenvalue weighted by molar-refractivity contribution is 5.94. The maximum Gasteiger partial charge on any atom is 0.195 e. The normalized spacial score (nSPS) is 10.9. The molecule has 0 aromatic heterocycles. The van der Waals surface area contributed by atoms with Crippen LogP contribution in [0.2, 0.25) is 0 Å². The van der Waals surface area contributed by atoms with E-state index in [2.05, 4.69) is 0 Å². The van der Waals surface area contributed by atoms with E-state index in [1.807, 2.05) is 20.8 Å². The summed E-state index contributed by atoms with van der Waals surface area (Å²) in [6.45, 7) is 6.46. The fourth-order valence-corrected chi connectivity index (χ4v) is 0.774. The van der Waals surface area contributed by atoms with Crippen molar-refractivity contribution in [3.05, 3.63) is 0 Å². The zero-order chi connectivity index (χ0) is 9.94. The molecular weight excluding hydrogens is 154 g/mol. The smallest absolute Gasteiger partial charge is 0.195 e. The van der Waals surface area contributed by atoms with Gasteiger partial charge in [0.1, 0.15) is 0 Å². The van der Waals surface area contributed by atoms with Gasteiger partial charge in [-0.25, -0.2) is 0 Å². The summed E-state index contributed by atoms with van der Waals surface area (Å²) in [4.78, 5) is 1.26. The van der Waals surface area contributed by atoms with Gasteiger partial charge < -0.3 is 11.5 Å². The van der Waals surface area contributed by atoms with E-state index >= 15 is 0 Å². The van der Waals surface area contributed by atoms with Crippen molar-refractivity contribution in [2.24, 2.45) is 16.9 Å². The molecule has 5 heteroatoms. The van der Waals surface area contributed by atoms with Gasteiger partial charge in [0.05, 0.1) is 0 Å². The third-order valence-electron chi connectivity index (χ3n) is 1.21. The number of hydrogen-bond acceptors (Lipinski definition) is 2. The summed E-state index contributed by atoms with van der Waals surface area (Å²) in [6, 6.07) is 0. The van der Waals surface area contributed by atoms with Crippen LogP contribution in [-0.2, 0) is 0 Å². The van der Waals surface area contributed by atoms with Crippen molar-refractivity contribution in [1.82, 2.24) is 4.90 Å². The average Bonchev–Trinajstić information content (AvgIpc) is 1.79. The minimum absolute atomic E-state index is 0.0304. The summed E-state index contributed by atoms with van der Waals surface area (Å²) >= 11 is 0. The predicted molar refractivity (Wildman–Crippen MR) is 50.0 cm³/mol. The van der Waals surface area contributed by atoms with Crippen LogP contribution in [0, 0.1) is 16.2 Å². The lowest BCUT2D eigenvalue weighted by atomic mass is 9.96. The number of nitrogens with one attached hydrogen (secondary N) is 2. The van der Waals surface area contributed by atoms with E-state index in [9.17, 15) is 0 Å². The molecule has 0 radical (unpaired) electrons. The molecule has 0 aliphatic rings. The highest BCUT2D eigenvalue weighted by Gasteiger charge is 2.18. The summed E-state index contributed by atoms with van der Waals surface area (Å²) in [5, 5.41) is 14.3. The molecule has 0 atom stereocenters. The Morgan fingerprint density at radius 2 is 1.50 bits per heavy atom. The number of nitrogens with zero attached hydrogens (tertiary/aromatic N) is 1. The molecule has 6 N–H and O–H groups in total. The predicted octanol–water partition coefficient (Wildman–Crippen LogP) is 0.121. The van der Waals surface area contributed by atoms with E-state index in [1.54, 1.807) is 0 Å². The van der Waals surface area contributed by atoms with Crippen LogP contribution in [0.25, 0.3) is 0 Å². The zero-order valence-electron chi connectivity index (χ0n) is 7.81. The highest BCUT2D eigenvalue weighted by Crippen LogP contribution is 2.14. The van der Waals surface area contributed by atoms with Crippen LogP contribution in [0.4, 0.5) is 0 Å². The topological polar surface area (TPSA) is 103 Å². The molecule has 0 aliphatic heterocycles. The van der Waals surface area contributed by atoms with E-state index in [-0.39, 0.29) is 17.3 Å². The van der Waals surface area contributed by atoms with E-state index in [4.69, 9.17) is 22.3 Å². The van der Waals surface area contributed by atoms with Crippen molar-refractivity contribution in [3.8, 4) is 0 Å². The second kappa shape index (κ2) is 3.42. The third kappa shape index (κ3) is 3.80. The van der Waals surface area contributed by atoms with Crippen LogP contribution in [0.5, 0.6) is 0 Å². The summed E-state index contributed by atoms with van der Waals surface area (Å²) in [6.07, 6.45) is 0. The van der Waals surface area contributed by atoms with Gasteiger partial charge in [0.15, 0.2) is 11.9 Å². The third-order valence-corrected chi connectivity index (χ3v) is 1.21. The molecule has 0 rings (SSSR count). The first-order chi connectivity index (χ1) is 5.24. The summed E-state index contributed by atoms with van der Waals surface area (Å²) in [7, 11) is 0. The number of guanidine groups is 2. The molecule has 12 heavy (non-hydrogen) atoms. The Bertz CT molecular complexity index is 176. The lowest BCUT2D eigenvalue weighted by Gasteiger charge is -2.28. The van der Waals surface area contributed by atoms with Crippen molar-refractivity contribution >= 4 is 11.9 Å². The van der Waals surface area contributed by atoms with Crippen LogP contribution in [0.15, 0.2) is 0 Å². The molecule has 0 aromatic carbocycles. The first-order valence-corrected chi connectivity index (χ1v) is 3.69. The van der Waals surface area contributed by atoms with Gasteiger partial charge in [0, 0.05) is 6.54 Å². The van der Waals surface area contributed by atoms with Crippen LogP contribution in [-0.4, -0.2) is 23.4 Å². The van der Waals surface area contributed by atoms with Crippen molar-refractivity contribution in [2.45, 2.75) is 20.8 Å². The summed E-state index contributed by atoms with van der Waals surface area (Å²) < 4.78 is 0. The number of rotatable bonds is 1. The SMILES string of the molecule is CC(C)(C)CN(C(=N)N)C(=N)N. The molecule has 0 unspecified atom stereocenters. The number of nitrogens with two attached hydrogens (primary N) is 2. The Morgan fingerprint density at radius 3 is 1.58 bits per heavy atom. The Balaban J connectivity index is 4.35. The van der Waals surface area contributed by atoms with Crippen molar-refractivity contribution < 1.29 is 0 Å². The Labute approximate surface area is 72.7 Å². The number of hydrogen-bond donors (Lipinski definition) is 4. The fourth-order valence-electron chi connectivity index (χ4n) is 0.774. The lowest BCUT2D eigenvalue weighted by Crippen LogP contribution is -2.48. The van der Waals surface area contributed by atoms with Gasteiger partial charge in [0.25, 0.3) is 0 Å². The average molecular weight is 171 g/mol. The summed E-state index contributed by atoms with van der Waals surface area (Å²) in [5.74, 6) is -0.366. The molecule has 0 bridgehead atoms. The Hall–Kier alpha value is -1.26. The molecule has 0 saturated heterocycles. The van der Waals surface area contributed by atoms with Gasteiger partial charge in [0.2, 0.25) is 0 Å². The van der Waals surface area contributed by atoms with E-state index in [0.717, 1.165) is 0 Å². The van der Waals surface area contributed by atoms with Crippen LogP contribution in [0.1, 0.15) is 20.8 Å².